The van der Waals surface area contributed by atoms with Gasteiger partial charge >= 0.3 is 6.18 Å². The van der Waals surface area contributed by atoms with Gasteiger partial charge in [-0.15, -0.1) is 0 Å². The van der Waals surface area contributed by atoms with Crippen LogP contribution in [0.2, 0.25) is 0 Å². The Labute approximate surface area is 128 Å². The van der Waals surface area contributed by atoms with Crippen LogP contribution in [-0.2, 0) is 15.7 Å². The van der Waals surface area contributed by atoms with Crippen LogP contribution >= 0.6 is 0 Å². The van der Waals surface area contributed by atoms with Crippen molar-refractivity contribution in [1.29, 1.82) is 0 Å². The molecule has 2 aliphatic heterocycles. The number of rotatable bonds is 2. The van der Waals surface area contributed by atoms with E-state index < -0.39 is 17.5 Å². The second-order valence-electron chi connectivity index (χ2n) is 5.94. The van der Waals surface area contributed by atoms with Gasteiger partial charge in [-0.2, -0.15) is 13.2 Å². The van der Waals surface area contributed by atoms with E-state index in [1.54, 1.807) is 12.1 Å². The van der Waals surface area contributed by atoms with Crippen LogP contribution in [0.5, 0.6) is 0 Å². The number of nitrogens with zero attached hydrogens (tertiary/aromatic N) is 1. The highest BCUT2D eigenvalue weighted by Gasteiger charge is 2.40. The standard InChI is InChI=1S/C16H20F3NO2/c1-12(13-2-4-14(5-3-13)16(17,18)19)20-8-6-15(7-9-20)21-10-11-22-15/h2-5,12H,6-11H2,1H3/t12-/m0/s1. The molecule has 2 aliphatic rings. The number of ether oxygens (including phenoxy) is 2. The normalized spacial score (nSPS) is 23.8. The highest BCUT2D eigenvalue weighted by molar-refractivity contribution is 5.26. The van der Waals surface area contributed by atoms with Crippen molar-refractivity contribution in [3.63, 3.8) is 0 Å². The highest BCUT2D eigenvalue weighted by atomic mass is 19.4. The first kappa shape index (κ1) is 15.8. The zero-order chi connectivity index (χ0) is 15.8. The third-order valence-corrected chi connectivity index (χ3v) is 4.64. The molecule has 0 bridgehead atoms. The molecule has 2 saturated heterocycles. The minimum atomic E-state index is -4.28. The summed E-state index contributed by atoms with van der Waals surface area (Å²) < 4.78 is 49.2. The van der Waals surface area contributed by atoms with Crippen LogP contribution in [0.3, 0.4) is 0 Å². The third kappa shape index (κ3) is 3.14. The smallest absolute Gasteiger partial charge is 0.347 e. The van der Waals surface area contributed by atoms with E-state index in [9.17, 15) is 13.2 Å². The fraction of sp³-hybridized carbons (Fsp3) is 0.625. The van der Waals surface area contributed by atoms with Crippen molar-refractivity contribution in [3.05, 3.63) is 35.4 Å². The maximum Gasteiger partial charge on any atom is 0.416 e. The lowest BCUT2D eigenvalue weighted by molar-refractivity contribution is -0.187. The van der Waals surface area contributed by atoms with Crippen molar-refractivity contribution in [2.24, 2.45) is 0 Å². The molecular formula is C16H20F3NO2. The van der Waals surface area contributed by atoms with E-state index in [4.69, 9.17) is 9.47 Å². The van der Waals surface area contributed by atoms with E-state index in [0.717, 1.165) is 43.6 Å². The summed E-state index contributed by atoms with van der Waals surface area (Å²) in [5.41, 5.74) is 0.297. The predicted molar refractivity (Wildman–Crippen MR) is 75.3 cm³/mol. The fourth-order valence-corrected chi connectivity index (χ4v) is 3.20. The molecule has 3 nitrogen and oxygen atoms in total. The molecule has 0 unspecified atom stereocenters. The summed E-state index contributed by atoms with van der Waals surface area (Å²) in [6.07, 6.45) is -2.67. The van der Waals surface area contributed by atoms with E-state index in [-0.39, 0.29) is 6.04 Å². The van der Waals surface area contributed by atoms with Crippen molar-refractivity contribution in [3.8, 4) is 0 Å². The SMILES string of the molecule is C[C@@H](c1ccc(C(F)(F)F)cc1)N1CCC2(CC1)OCCO2. The summed E-state index contributed by atoms with van der Waals surface area (Å²) in [5, 5.41) is 0. The minimum Gasteiger partial charge on any atom is -0.347 e. The van der Waals surface area contributed by atoms with Gasteiger partial charge in [-0.3, -0.25) is 4.90 Å². The Kier molecular flexibility index (Phi) is 4.18. The van der Waals surface area contributed by atoms with Gasteiger partial charge in [0, 0.05) is 32.0 Å². The first-order chi connectivity index (χ1) is 10.4. The number of alkyl halides is 3. The molecular weight excluding hydrogens is 295 g/mol. The Morgan fingerprint density at radius 2 is 1.59 bits per heavy atom. The van der Waals surface area contributed by atoms with E-state index in [0.29, 0.717) is 13.2 Å². The molecule has 0 radical (unpaired) electrons. The summed E-state index contributed by atoms with van der Waals surface area (Å²) in [6.45, 7) is 4.96. The van der Waals surface area contributed by atoms with Gasteiger partial charge < -0.3 is 9.47 Å². The quantitative estimate of drug-likeness (QED) is 0.832. The molecule has 2 fully saturated rings. The van der Waals surface area contributed by atoms with Crippen LogP contribution in [0.15, 0.2) is 24.3 Å². The van der Waals surface area contributed by atoms with Crippen LogP contribution in [0.1, 0.15) is 36.9 Å². The molecule has 1 spiro atoms. The lowest BCUT2D eigenvalue weighted by Crippen LogP contribution is -2.45. The zero-order valence-corrected chi connectivity index (χ0v) is 12.5. The van der Waals surface area contributed by atoms with Crippen LogP contribution in [0.25, 0.3) is 0 Å². The molecule has 1 aromatic carbocycles. The van der Waals surface area contributed by atoms with Crippen LogP contribution < -0.4 is 0 Å². The Balaban J connectivity index is 1.63. The number of benzene rings is 1. The summed E-state index contributed by atoms with van der Waals surface area (Å²) in [5.74, 6) is -0.420. The van der Waals surface area contributed by atoms with Crippen LogP contribution in [0.4, 0.5) is 13.2 Å². The van der Waals surface area contributed by atoms with E-state index >= 15 is 0 Å². The second kappa shape index (κ2) is 5.83. The lowest BCUT2D eigenvalue weighted by Gasteiger charge is -2.40. The van der Waals surface area contributed by atoms with E-state index in [1.165, 1.54) is 0 Å². The maximum absolute atomic E-state index is 12.6. The van der Waals surface area contributed by atoms with Crippen molar-refractivity contribution in [2.75, 3.05) is 26.3 Å². The lowest BCUT2D eigenvalue weighted by atomic mass is 9.98. The predicted octanol–water partition coefficient (Wildman–Crippen LogP) is 3.61. The first-order valence-electron chi connectivity index (χ1n) is 7.59. The molecule has 1 aromatic rings. The average Bonchev–Trinajstić information content (AvgIpc) is 2.95. The van der Waals surface area contributed by atoms with E-state index in [1.807, 2.05) is 6.92 Å². The maximum atomic E-state index is 12.6. The Hall–Kier alpha value is -1.11. The molecule has 22 heavy (non-hydrogen) atoms. The fourth-order valence-electron chi connectivity index (χ4n) is 3.20. The monoisotopic (exact) mass is 315 g/mol. The molecule has 2 heterocycles. The molecule has 0 N–H and O–H groups in total. The molecule has 0 aromatic heterocycles. The van der Waals surface area contributed by atoms with E-state index in [2.05, 4.69) is 4.90 Å². The summed E-state index contributed by atoms with van der Waals surface area (Å²) in [7, 11) is 0. The number of halogens is 3. The van der Waals surface area contributed by atoms with Crippen molar-refractivity contribution < 1.29 is 22.6 Å². The molecule has 0 saturated carbocycles. The Morgan fingerprint density at radius 1 is 1.05 bits per heavy atom. The zero-order valence-electron chi connectivity index (χ0n) is 12.5. The Bertz CT molecular complexity index is 499. The van der Waals surface area contributed by atoms with Gasteiger partial charge in [0.25, 0.3) is 0 Å². The highest BCUT2D eigenvalue weighted by Crippen LogP contribution is 2.35. The average molecular weight is 315 g/mol. The minimum absolute atomic E-state index is 0.0843. The Morgan fingerprint density at radius 3 is 2.09 bits per heavy atom. The van der Waals surface area contributed by atoms with Crippen LogP contribution in [0, 0.1) is 0 Å². The first-order valence-corrected chi connectivity index (χ1v) is 7.59. The number of hydrogen-bond donors (Lipinski definition) is 0. The molecule has 0 aliphatic carbocycles. The van der Waals surface area contributed by atoms with Crippen LogP contribution in [-0.4, -0.2) is 37.0 Å². The largest absolute Gasteiger partial charge is 0.416 e. The van der Waals surface area contributed by atoms with Gasteiger partial charge in [-0.1, -0.05) is 12.1 Å². The van der Waals surface area contributed by atoms with Gasteiger partial charge in [-0.25, -0.2) is 0 Å². The number of hydrogen-bond acceptors (Lipinski definition) is 3. The van der Waals surface area contributed by atoms with Crippen molar-refractivity contribution >= 4 is 0 Å². The topological polar surface area (TPSA) is 21.7 Å². The molecule has 3 rings (SSSR count). The van der Waals surface area contributed by atoms with Gasteiger partial charge in [0.15, 0.2) is 5.79 Å². The molecule has 122 valence electrons. The molecule has 0 amide bonds. The second-order valence-corrected chi connectivity index (χ2v) is 5.94. The third-order valence-electron chi connectivity index (χ3n) is 4.64. The van der Waals surface area contributed by atoms with Gasteiger partial charge in [0.2, 0.25) is 0 Å². The summed E-state index contributed by atoms with van der Waals surface area (Å²) >= 11 is 0. The van der Waals surface area contributed by atoms with Gasteiger partial charge in [0.1, 0.15) is 0 Å². The number of piperidine rings is 1. The summed E-state index contributed by atoms with van der Waals surface area (Å²) in [6, 6.07) is 5.53. The number of likely N-dealkylation sites (tertiary alicyclic amines) is 1. The van der Waals surface area contributed by atoms with Gasteiger partial charge in [-0.05, 0) is 24.6 Å². The van der Waals surface area contributed by atoms with Gasteiger partial charge in [0.05, 0.1) is 18.8 Å². The summed E-state index contributed by atoms with van der Waals surface area (Å²) in [4.78, 5) is 2.26. The molecule has 1 atom stereocenters. The van der Waals surface area contributed by atoms with Crippen molar-refractivity contribution in [2.45, 2.75) is 37.8 Å². The molecule has 6 heteroatoms. The van der Waals surface area contributed by atoms with Crippen molar-refractivity contribution in [1.82, 2.24) is 4.90 Å².